The molecule has 0 bridgehead atoms. The van der Waals surface area contributed by atoms with Gasteiger partial charge in [-0.1, -0.05) is 22.0 Å². The molecule has 31 heavy (non-hydrogen) atoms. The SMILES string of the molecule is COc1cccc(OC(C)C(=O)Nc2ccc(S(=O)(=O)Nc3ccc(Br)cc3)cc2)c1. The third-order valence-corrected chi connectivity index (χ3v) is 6.18. The average molecular weight is 505 g/mol. The lowest BCUT2D eigenvalue weighted by Gasteiger charge is -2.15. The van der Waals surface area contributed by atoms with E-state index in [1.165, 1.54) is 24.3 Å². The number of hydrogen-bond acceptors (Lipinski definition) is 5. The zero-order valence-corrected chi connectivity index (χ0v) is 19.2. The van der Waals surface area contributed by atoms with Gasteiger partial charge in [0.1, 0.15) is 11.5 Å². The minimum atomic E-state index is -3.75. The first-order valence-corrected chi connectivity index (χ1v) is 11.5. The average Bonchev–Trinajstić information content (AvgIpc) is 2.75. The first-order valence-electron chi connectivity index (χ1n) is 9.27. The molecule has 162 valence electrons. The van der Waals surface area contributed by atoms with Crippen LogP contribution in [0, 0.1) is 0 Å². The summed E-state index contributed by atoms with van der Waals surface area (Å²) in [5, 5.41) is 2.71. The lowest BCUT2D eigenvalue weighted by atomic mass is 10.3. The summed E-state index contributed by atoms with van der Waals surface area (Å²) >= 11 is 3.31. The van der Waals surface area contributed by atoms with Crippen LogP contribution in [0.4, 0.5) is 11.4 Å². The number of benzene rings is 3. The topological polar surface area (TPSA) is 93.7 Å². The second-order valence-electron chi connectivity index (χ2n) is 6.57. The summed E-state index contributed by atoms with van der Waals surface area (Å²) in [6.07, 6.45) is -0.769. The summed E-state index contributed by atoms with van der Waals surface area (Å²) in [5.74, 6) is 0.757. The molecule has 0 heterocycles. The Balaban J connectivity index is 1.62. The molecule has 0 aliphatic rings. The van der Waals surface area contributed by atoms with Crippen LogP contribution in [-0.2, 0) is 14.8 Å². The van der Waals surface area contributed by atoms with Gasteiger partial charge in [0.15, 0.2) is 6.10 Å². The van der Waals surface area contributed by atoms with Crippen molar-refractivity contribution in [3.8, 4) is 11.5 Å². The molecule has 9 heteroatoms. The fourth-order valence-electron chi connectivity index (χ4n) is 2.63. The van der Waals surface area contributed by atoms with Crippen molar-refractivity contribution in [3.63, 3.8) is 0 Å². The number of ether oxygens (including phenoxy) is 2. The highest BCUT2D eigenvalue weighted by molar-refractivity contribution is 9.10. The Labute approximate surface area is 189 Å². The number of rotatable bonds is 8. The van der Waals surface area contributed by atoms with Crippen molar-refractivity contribution >= 4 is 43.2 Å². The lowest BCUT2D eigenvalue weighted by molar-refractivity contribution is -0.122. The van der Waals surface area contributed by atoms with E-state index in [-0.39, 0.29) is 10.8 Å². The van der Waals surface area contributed by atoms with Gasteiger partial charge in [-0.15, -0.1) is 0 Å². The van der Waals surface area contributed by atoms with Crippen molar-refractivity contribution in [3.05, 3.63) is 77.3 Å². The number of carbonyl (C=O) groups is 1. The second kappa shape index (κ2) is 9.84. The molecule has 1 atom stereocenters. The first kappa shape index (κ1) is 22.6. The van der Waals surface area contributed by atoms with Gasteiger partial charge in [0.2, 0.25) is 0 Å². The molecule has 0 aliphatic carbocycles. The Bertz CT molecular complexity index is 1150. The largest absolute Gasteiger partial charge is 0.497 e. The van der Waals surface area contributed by atoms with Crippen LogP contribution in [-0.4, -0.2) is 27.5 Å². The van der Waals surface area contributed by atoms with Crippen LogP contribution in [0.3, 0.4) is 0 Å². The van der Waals surface area contributed by atoms with Crippen molar-refractivity contribution in [2.45, 2.75) is 17.9 Å². The molecule has 0 saturated heterocycles. The summed E-state index contributed by atoms with van der Waals surface area (Å²) in [6, 6.07) is 19.6. The van der Waals surface area contributed by atoms with E-state index in [9.17, 15) is 13.2 Å². The van der Waals surface area contributed by atoms with Crippen molar-refractivity contribution in [1.29, 1.82) is 0 Å². The highest BCUT2D eigenvalue weighted by atomic mass is 79.9. The summed E-state index contributed by atoms with van der Waals surface area (Å²) < 4.78 is 39.2. The minimum absolute atomic E-state index is 0.0779. The first-order chi connectivity index (χ1) is 14.8. The number of anilines is 2. The predicted molar refractivity (Wildman–Crippen MR) is 123 cm³/mol. The monoisotopic (exact) mass is 504 g/mol. The van der Waals surface area contributed by atoms with E-state index in [2.05, 4.69) is 26.0 Å². The van der Waals surface area contributed by atoms with E-state index in [0.717, 1.165) is 4.47 Å². The van der Waals surface area contributed by atoms with Crippen LogP contribution in [0.2, 0.25) is 0 Å². The molecule has 0 aromatic heterocycles. The standard InChI is InChI=1S/C22H21BrN2O5S/c1-15(30-20-5-3-4-19(14-20)29-2)22(26)24-17-10-12-21(13-11-17)31(27,28)25-18-8-6-16(23)7-9-18/h3-15,25H,1-2H3,(H,24,26). The van der Waals surface area contributed by atoms with Gasteiger partial charge < -0.3 is 14.8 Å². The van der Waals surface area contributed by atoms with Gasteiger partial charge in [-0.3, -0.25) is 9.52 Å². The van der Waals surface area contributed by atoms with Gasteiger partial charge in [0.05, 0.1) is 12.0 Å². The Hall–Kier alpha value is -3.04. The molecule has 0 saturated carbocycles. The highest BCUT2D eigenvalue weighted by Gasteiger charge is 2.17. The maximum absolute atomic E-state index is 12.5. The third-order valence-electron chi connectivity index (χ3n) is 4.25. The molecular weight excluding hydrogens is 484 g/mol. The molecule has 2 N–H and O–H groups in total. The van der Waals surface area contributed by atoms with E-state index in [1.807, 2.05) is 0 Å². The maximum atomic E-state index is 12.5. The number of nitrogens with one attached hydrogen (secondary N) is 2. The van der Waals surface area contributed by atoms with E-state index in [1.54, 1.807) is 62.6 Å². The van der Waals surface area contributed by atoms with Crippen molar-refractivity contribution in [2.24, 2.45) is 0 Å². The van der Waals surface area contributed by atoms with Gasteiger partial charge in [0, 0.05) is 21.9 Å². The Morgan fingerprint density at radius 1 is 0.935 bits per heavy atom. The van der Waals surface area contributed by atoms with Crippen molar-refractivity contribution < 1.29 is 22.7 Å². The van der Waals surface area contributed by atoms with Crippen LogP contribution >= 0.6 is 15.9 Å². The molecule has 1 amide bonds. The molecule has 0 aliphatic heterocycles. The van der Waals surface area contributed by atoms with Crippen LogP contribution in [0.15, 0.2) is 82.2 Å². The maximum Gasteiger partial charge on any atom is 0.265 e. The van der Waals surface area contributed by atoms with Crippen molar-refractivity contribution in [2.75, 3.05) is 17.1 Å². The van der Waals surface area contributed by atoms with Gasteiger partial charge in [-0.05, 0) is 67.6 Å². The number of halogens is 1. The molecule has 0 spiro atoms. The van der Waals surface area contributed by atoms with Crippen LogP contribution < -0.4 is 19.5 Å². The van der Waals surface area contributed by atoms with Crippen LogP contribution in [0.1, 0.15) is 6.92 Å². The Morgan fingerprint density at radius 2 is 1.55 bits per heavy atom. The van der Waals surface area contributed by atoms with E-state index < -0.39 is 16.1 Å². The summed E-state index contributed by atoms with van der Waals surface area (Å²) in [5.41, 5.74) is 0.901. The summed E-state index contributed by atoms with van der Waals surface area (Å²) in [6.45, 7) is 1.62. The fourth-order valence-corrected chi connectivity index (χ4v) is 3.95. The zero-order valence-electron chi connectivity index (χ0n) is 16.8. The normalized spacial score (nSPS) is 12.0. The van der Waals surface area contributed by atoms with E-state index in [4.69, 9.17) is 9.47 Å². The highest BCUT2D eigenvalue weighted by Crippen LogP contribution is 2.22. The number of carbonyl (C=O) groups excluding carboxylic acids is 1. The second-order valence-corrected chi connectivity index (χ2v) is 9.16. The number of sulfonamides is 1. The molecule has 1 unspecified atom stereocenters. The molecule has 3 rings (SSSR count). The van der Waals surface area contributed by atoms with Gasteiger partial charge >= 0.3 is 0 Å². The van der Waals surface area contributed by atoms with Gasteiger partial charge in [-0.25, -0.2) is 8.42 Å². The molecular formula is C22H21BrN2O5S. The fraction of sp³-hybridized carbons (Fsp3) is 0.136. The van der Waals surface area contributed by atoms with Gasteiger partial charge in [0.25, 0.3) is 15.9 Å². The molecule has 3 aromatic carbocycles. The minimum Gasteiger partial charge on any atom is -0.497 e. The molecule has 0 radical (unpaired) electrons. The summed E-state index contributed by atoms with van der Waals surface area (Å²) in [7, 11) is -2.20. The third kappa shape index (κ3) is 6.22. The molecule has 3 aromatic rings. The van der Waals surface area contributed by atoms with Gasteiger partial charge in [-0.2, -0.15) is 0 Å². The molecule has 0 fully saturated rings. The lowest BCUT2D eigenvalue weighted by Crippen LogP contribution is -2.30. The van der Waals surface area contributed by atoms with E-state index in [0.29, 0.717) is 22.9 Å². The zero-order chi connectivity index (χ0) is 22.4. The number of hydrogen-bond donors (Lipinski definition) is 2. The number of amides is 1. The van der Waals surface area contributed by atoms with Crippen LogP contribution in [0.5, 0.6) is 11.5 Å². The Morgan fingerprint density at radius 3 is 2.19 bits per heavy atom. The van der Waals surface area contributed by atoms with Crippen molar-refractivity contribution in [1.82, 2.24) is 0 Å². The molecule has 7 nitrogen and oxygen atoms in total. The quantitative estimate of drug-likeness (QED) is 0.465. The smallest absolute Gasteiger partial charge is 0.265 e. The Kier molecular flexibility index (Phi) is 7.19. The van der Waals surface area contributed by atoms with E-state index >= 15 is 0 Å². The predicted octanol–water partition coefficient (Wildman–Crippen LogP) is 4.66. The van der Waals surface area contributed by atoms with Crippen LogP contribution in [0.25, 0.3) is 0 Å². The number of methoxy groups -OCH3 is 1. The summed E-state index contributed by atoms with van der Waals surface area (Å²) in [4.78, 5) is 12.5.